The van der Waals surface area contributed by atoms with Crippen LogP contribution in [0.1, 0.15) is 15.9 Å². The number of nitrogens with zero attached hydrogens (tertiary/aromatic N) is 1. The van der Waals surface area contributed by atoms with Gasteiger partial charge in [0, 0.05) is 11.1 Å². The Balaban J connectivity index is 1.97. The summed E-state index contributed by atoms with van der Waals surface area (Å²) in [6.07, 6.45) is 1.69. The number of para-hydroxylation sites is 1. The number of amides is 1. The van der Waals surface area contributed by atoms with Crippen molar-refractivity contribution in [2.75, 3.05) is 11.1 Å². The lowest BCUT2D eigenvalue weighted by atomic mass is 10.1. The molecule has 1 amide bonds. The minimum absolute atomic E-state index is 0.222. The van der Waals surface area contributed by atoms with Crippen molar-refractivity contribution >= 4 is 28.2 Å². The maximum atomic E-state index is 12.3. The summed E-state index contributed by atoms with van der Waals surface area (Å²) < 4.78 is 0. The van der Waals surface area contributed by atoms with Crippen molar-refractivity contribution in [3.63, 3.8) is 0 Å². The van der Waals surface area contributed by atoms with Gasteiger partial charge in [-0.05, 0) is 30.7 Å². The van der Waals surface area contributed by atoms with E-state index in [1.165, 1.54) is 0 Å². The van der Waals surface area contributed by atoms with Crippen LogP contribution in [-0.2, 0) is 0 Å². The normalized spacial score (nSPS) is 10.7. The average Bonchev–Trinajstić information content (AvgIpc) is 2.91. The van der Waals surface area contributed by atoms with E-state index < -0.39 is 0 Å². The lowest BCUT2D eigenvalue weighted by Crippen LogP contribution is -2.14. The second kappa shape index (κ2) is 4.70. The molecule has 0 bridgehead atoms. The first kappa shape index (κ1) is 12.2. The number of rotatable bonds is 2. The second-order valence-electron chi connectivity index (χ2n) is 4.63. The van der Waals surface area contributed by atoms with Crippen molar-refractivity contribution in [2.24, 2.45) is 0 Å². The molecule has 3 aromatic rings. The largest absolute Gasteiger partial charge is 0.398 e. The number of hydrogen-bond acceptors (Lipinski definition) is 3. The number of nitrogens with two attached hydrogens (primary N) is 1. The van der Waals surface area contributed by atoms with Crippen LogP contribution >= 0.6 is 0 Å². The fraction of sp³-hybridized carbons (Fsp3) is 0.0667. The first-order valence-corrected chi connectivity index (χ1v) is 6.25. The van der Waals surface area contributed by atoms with Crippen LogP contribution in [0.5, 0.6) is 0 Å². The number of aryl methyl sites for hydroxylation is 1. The van der Waals surface area contributed by atoms with E-state index in [0.29, 0.717) is 16.9 Å². The predicted molar refractivity (Wildman–Crippen MR) is 79.6 cm³/mol. The van der Waals surface area contributed by atoms with Crippen molar-refractivity contribution in [1.29, 1.82) is 0 Å². The number of aromatic nitrogens is 2. The molecule has 0 radical (unpaired) electrons. The van der Waals surface area contributed by atoms with Gasteiger partial charge in [-0.15, -0.1) is 0 Å². The van der Waals surface area contributed by atoms with Gasteiger partial charge in [0.15, 0.2) is 0 Å². The van der Waals surface area contributed by atoms with Crippen LogP contribution in [0.3, 0.4) is 0 Å². The minimum Gasteiger partial charge on any atom is -0.398 e. The molecule has 3 rings (SSSR count). The SMILES string of the molecule is Cc1cccc(C(=O)Nc2cccc3[nH]ncc23)c1N. The lowest BCUT2D eigenvalue weighted by molar-refractivity contribution is 0.102. The lowest BCUT2D eigenvalue weighted by Gasteiger charge is -2.09. The van der Waals surface area contributed by atoms with Crippen LogP contribution in [0.15, 0.2) is 42.6 Å². The molecule has 5 heteroatoms. The van der Waals surface area contributed by atoms with Gasteiger partial charge in [0.25, 0.3) is 5.91 Å². The van der Waals surface area contributed by atoms with Gasteiger partial charge < -0.3 is 11.1 Å². The summed E-state index contributed by atoms with van der Waals surface area (Å²) in [6, 6.07) is 11.0. The summed E-state index contributed by atoms with van der Waals surface area (Å²) in [5.41, 5.74) is 9.41. The molecule has 4 N–H and O–H groups in total. The van der Waals surface area contributed by atoms with E-state index in [4.69, 9.17) is 5.73 Å². The molecule has 1 heterocycles. The van der Waals surface area contributed by atoms with E-state index in [1.54, 1.807) is 12.3 Å². The smallest absolute Gasteiger partial charge is 0.257 e. The average molecular weight is 266 g/mol. The first-order chi connectivity index (χ1) is 9.66. The summed E-state index contributed by atoms with van der Waals surface area (Å²) in [6.45, 7) is 1.88. The summed E-state index contributed by atoms with van der Waals surface area (Å²) in [7, 11) is 0. The third-order valence-corrected chi connectivity index (χ3v) is 3.30. The number of nitrogen functional groups attached to an aromatic ring is 1. The molecule has 20 heavy (non-hydrogen) atoms. The number of aromatic amines is 1. The van der Waals surface area contributed by atoms with Gasteiger partial charge in [0.1, 0.15) is 0 Å². The molecular formula is C15H14N4O. The van der Waals surface area contributed by atoms with Crippen LogP contribution in [0, 0.1) is 6.92 Å². The van der Waals surface area contributed by atoms with Crippen LogP contribution in [0.4, 0.5) is 11.4 Å². The molecular weight excluding hydrogens is 252 g/mol. The number of carbonyl (C=O) groups is 1. The minimum atomic E-state index is -0.222. The Kier molecular flexibility index (Phi) is 2.87. The van der Waals surface area contributed by atoms with Crippen LogP contribution in [0.25, 0.3) is 10.9 Å². The van der Waals surface area contributed by atoms with Gasteiger partial charge in [-0.3, -0.25) is 9.89 Å². The molecule has 5 nitrogen and oxygen atoms in total. The fourth-order valence-electron chi connectivity index (χ4n) is 2.15. The van der Waals surface area contributed by atoms with Gasteiger partial charge >= 0.3 is 0 Å². The molecule has 0 spiro atoms. The van der Waals surface area contributed by atoms with Gasteiger partial charge in [-0.1, -0.05) is 18.2 Å². The number of nitrogens with one attached hydrogen (secondary N) is 2. The topological polar surface area (TPSA) is 83.8 Å². The van der Waals surface area contributed by atoms with Gasteiger partial charge in [0.2, 0.25) is 0 Å². The Bertz CT molecular complexity index is 791. The highest BCUT2D eigenvalue weighted by atomic mass is 16.1. The summed E-state index contributed by atoms with van der Waals surface area (Å²) in [4.78, 5) is 12.3. The maximum Gasteiger partial charge on any atom is 0.257 e. The van der Waals surface area contributed by atoms with E-state index >= 15 is 0 Å². The quantitative estimate of drug-likeness (QED) is 0.623. The molecule has 0 aliphatic carbocycles. The number of benzene rings is 2. The third kappa shape index (κ3) is 1.99. The molecule has 2 aromatic carbocycles. The third-order valence-electron chi connectivity index (χ3n) is 3.30. The highest BCUT2D eigenvalue weighted by Crippen LogP contribution is 2.23. The van der Waals surface area contributed by atoms with Crippen LogP contribution < -0.4 is 11.1 Å². The van der Waals surface area contributed by atoms with Gasteiger partial charge in [-0.2, -0.15) is 5.10 Å². The Hall–Kier alpha value is -2.82. The van der Waals surface area contributed by atoms with Crippen molar-refractivity contribution in [1.82, 2.24) is 10.2 Å². The number of carbonyl (C=O) groups excluding carboxylic acids is 1. The standard InChI is InChI=1S/C15H14N4O/c1-9-4-2-5-10(14(9)16)15(20)18-12-6-3-7-13-11(12)8-17-19-13/h2-8H,16H2,1H3,(H,17,19)(H,18,20). The molecule has 0 aliphatic rings. The van der Waals surface area contributed by atoms with E-state index in [1.807, 2.05) is 37.3 Å². The molecule has 0 saturated heterocycles. The van der Waals surface area contributed by atoms with Crippen LogP contribution in [0.2, 0.25) is 0 Å². The van der Waals surface area contributed by atoms with E-state index in [9.17, 15) is 4.79 Å². The Morgan fingerprint density at radius 3 is 2.90 bits per heavy atom. The molecule has 0 saturated carbocycles. The molecule has 0 aliphatic heterocycles. The fourth-order valence-corrected chi connectivity index (χ4v) is 2.15. The summed E-state index contributed by atoms with van der Waals surface area (Å²) in [5, 5.41) is 10.6. The van der Waals surface area contributed by atoms with E-state index in [-0.39, 0.29) is 5.91 Å². The first-order valence-electron chi connectivity index (χ1n) is 6.25. The highest BCUT2D eigenvalue weighted by Gasteiger charge is 2.12. The molecule has 0 fully saturated rings. The predicted octanol–water partition coefficient (Wildman–Crippen LogP) is 2.71. The molecule has 100 valence electrons. The zero-order valence-corrected chi connectivity index (χ0v) is 11.0. The summed E-state index contributed by atoms with van der Waals surface area (Å²) in [5.74, 6) is -0.222. The molecule has 1 aromatic heterocycles. The van der Waals surface area contributed by atoms with Gasteiger partial charge in [0.05, 0.1) is 23.0 Å². The highest BCUT2D eigenvalue weighted by molar-refractivity contribution is 6.11. The van der Waals surface area contributed by atoms with Crippen molar-refractivity contribution < 1.29 is 4.79 Å². The molecule has 0 unspecified atom stereocenters. The van der Waals surface area contributed by atoms with E-state index in [0.717, 1.165) is 16.5 Å². The monoisotopic (exact) mass is 266 g/mol. The number of H-pyrrole nitrogens is 1. The zero-order chi connectivity index (χ0) is 14.1. The van der Waals surface area contributed by atoms with Crippen molar-refractivity contribution in [3.05, 3.63) is 53.7 Å². The Morgan fingerprint density at radius 1 is 1.25 bits per heavy atom. The van der Waals surface area contributed by atoms with E-state index in [2.05, 4.69) is 15.5 Å². The van der Waals surface area contributed by atoms with Crippen LogP contribution in [-0.4, -0.2) is 16.1 Å². The number of hydrogen-bond donors (Lipinski definition) is 3. The zero-order valence-electron chi connectivity index (χ0n) is 11.0. The molecule has 0 atom stereocenters. The van der Waals surface area contributed by atoms with Gasteiger partial charge in [-0.25, -0.2) is 0 Å². The Labute approximate surface area is 115 Å². The second-order valence-corrected chi connectivity index (χ2v) is 4.63. The Morgan fingerprint density at radius 2 is 2.05 bits per heavy atom. The van der Waals surface area contributed by atoms with Crippen molar-refractivity contribution in [2.45, 2.75) is 6.92 Å². The number of anilines is 2. The van der Waals surface area contributed by atoms with Crippen molar-refractivity contribution in [3.8, 4) is 0 Å². The maximum absolute atomic E-state index is 12.3. The summed E-state index contributed by atoms with van der Waals surface area (Å²) >= 11 is 0. The number of fused-ring (bicyclic) bond motifs is 1.